The van der Waals surface area contributed by atoms with Crippen LogP contribution in [0, 0.1) is 9.39 Å². The van der Waals surface area contributed by atoms with Crippen LogP contribution in [-0.4, -0.2) is 29.6 Å². The molecule has 136 valence electrons. The maximum atomic E-state index is 13.4. The van der Waals surface area contributed by atoms with E-state index in [2.05, 4.69) is 33.2 Å². The van der Waals surface area contributed by atoms with Crippen LogP contribution in [0.1, 0.15) is 23.5 Å². The Kier molecular flexibility index (Phi) is 5.87. The normalized spacial score (nSPS) is 17.2. The largest absolute Gasteiger partial charge is 0.394 e. The number of carbonyl (C=O) groups excluding carboxylic acids is 2. The summed E-state index contributed by atoms with van der Waals surface area (Å²) < 4.78 is 14.5. The number of fused-ring (bicyclic) bond motifs is 1. The molecule has 0 saturated carbocycles. The van der Waals surface area contributed by atoms with E-state index in [0.717, 1.165) is 9.13 Å². The molecule has 0 bridgehead atoms. The van der Waals surface area contributed by atoms with E-state index in [-0.39, 0.29) is 24.8 Å². The van der Waals surface area contributed by atoms with Gasteiger partial charge in [0.25, 0.3) is 0 Å². The van der Waals surface area contributed by atoms with Crippen molar-refractivity contribution in [2.75, 3.05) is 11.9 Å². The van der Waals surface area contributed by atoms with Crippen LogP contribution >= 0.6 is 22.6 Å². The summed E-state index contributed by atoms with van der Waals surface area (Å²) in [7, 11) is 0. The second-order valence-corrected chi connectivity index (χ2v) is 7.50. The van der Waals surface area contributed by atoms with Crippen molar-refractivity contribution in [2.24, 2.45) is 0 Å². The van der Waals surface area contributed by atoms with Gasteiger partial charge in [-0.2, -0.15) is 0 Å². The highest BCUT2D eigenvalue weighted by molar-refractivity contribution is 14.1. The third kappa shape index (κ3) is 4.39. The van der Waals surface area contributed by atoms with E-state index in [1.165, 1.54) is 18.2 Å². The minimum absolute atomic E-state index is 0.00779. The second kappa shape index (κ2) is 8.13. The molecule has 0 spiro atoms. The Hall–Kier alpha value is -2.00. The van der Waals surface area contributed by atoms with E-state index >= 15 is 0 Å². The predicted octanol–water partition coefficient (Wildman–Crippen LogP) is 2.58. The van der Waals surface area contributed by atoms with Gasteiger partial charge in [-0.1, -0.05) is 18.2 Å². The first kappa shape index (κ1) is 18.8. The molecule has 0 aromatic heterocycles. The minimum atomic E-state index is -0.704. The first-order valence-corrected chi connectivity index (χ1v) is 9.29. The van der Waals surface area contributed by atoms with Crippen molar-refractivity contribution in [3.63, 3.8) is 0 Å². The molecule has 1 aliphatic heterocycles. The van der Waals surface area contributed by atoms with Crippen LogP contribution in [0.4, 0.5) is 10.1 Å². The lowest BCUT2D eigenvalue weighted by molar-refractivity contribution is -0.127. The third-order valence-corrected chi connectivity index (χ3v) is 5.05. The monoisotopic (exact) mass is 468 g/mol. The lowest BCUT2D eigenvalue weighted by Gasteiger charge is -2.27. The van der Waals surface area contributed by atoms with E-state index in [0.29, 0.717) is 17.7 Å². The summed E-state index contributed by atoms with van der Waals surface area (Å²) in [6, 6.07) is 11.3. The molecular weight excluding hydrogens is 450 g/mol. The van der Waals surface area contributed by atoms with Crippen LogP contribution in [0.25, 0.3) is 0 Å². The quantitative estimate of drug-likeness (QED) is 0.591. The fourth-order valence-electron chi connectivity index (χ4n) is 3.04. The fourth-order valence-corrected chi connectivity index (χ4v) is 3.40. The predicted molar refractivity (Wildman–Crippen MR) is 104 cm³/mol. The number of carbonyl (C=O) groups is 2. The van der Waals surface area contributed by atoms with Gasteiger partial charge < -0.3 is 15.7 Å². The molecule has 5 nitrogen and oxygen atoms in total. The number of aliphatic hydroxyl groups excluding tert-OH is 1. The molecule has 2 atom stereocenters. The summed E-state index contributed by atoms with van der Waals surface area (Å²) in [5.41, 5.74) is 1.89. The van der Waals surface area contributed by atoms with Crippen LogP contribution in [0.2, 0.25) is 0 Å². The molecule has 1 heterocycles. The van der Waals surface area contributed by atoms with Gasteiger partial charge in [0.05, 0.1) is 18.6 Å². The highest BCUT2D eigenvalue weighted by atomic mass is 127. The standard InChI is InChI=1S/C19H18FIN2O3/c20-12-3-6-15-16(9-18(25)23-17(15)8-12)19(26)22-14(10-24)7-11-1-4-13(21)5-2-11/h1-6,8,14,16,24H,7,9-10H2,(H,22,26)(H,23,25). The zero-order valence-electron chi connectivity index (χ0n) is 13.8. The summed E-state index contributed by atoms with van der Waals surface area (Å²) in [6.07, 6.45) is 0.473. The van der Waals surface area contributed by atoms with Crippen molar-refractivity contribution in [3.8, 4) is 0 Å². The summed E-state index contributed by atoms with van der Waals surface area (Å²) in [4.78, 5) is 24.6. The van der Waals surface area contributed by atoms with Crippen molar-refractivity contribution in [2.45, 2.75) is 24.8 Å². The van der Waals surface area contributed by atoms with Crippen LogP contribution in [-0.2, 0) is 16.0 Å². The minimum Gasteiger partial charge on any atom is -0.394 e. The molecule has 0 radical (unpaired) electrons. The Labute approximate surface area is 164 Å². The van der Waals surface area contributed by atoms with Crippen LogP contribution in [0.3, 0.4) is 0 Å². The van der Waals surface area contributed by atoms with Gasteiger partial charge >= 0.3 is 0 Å². The Morgan fingerprint density at radius 1 is 1.31 bits per heavy atom. The zero-order valence-corrected chi connectivity index (χ0v) is 16.0. The number of aliphatic hydroxyl groups is 1. The van der Waals surface area contributed by atoms with E-state index in [1.54, 1.807) is 0 Å². The number of amides is 2. The summed E-state index contributed by atoms with van der Waals surface area (Å²) in [5.74, 6) is -1.86. The van der Waals surface area contributed by atoms with Gasteiger partial charge in [0, 0.05) is 15.7 Å². The van der Waals surface area contributed by atoms with Gasteiger partial charge in [0.2, 0.25) is 11.8 Å². The molecule has 1 aliphatic rings. The number of halogens is 2. The molecule has 0 fully saturated rings. The average molecular weight is 468 g/mol. The van der Waals surface area contributed by atoms with Gasteiger partial charge in [-0.25, -0.2) is 4.39 Å². The van der Waals surface area contributed by atoms with Crippen molar-refractivity contribution < 1.29 is 19.1 Å². The second-order valence-electron chi connectivity index (χ2n) is 6.26. The number of benzene rings is 2. The van der Waals surface area contributed by atoms with E-state index in [9.17, 15) is 19.1 Å². The molecule has 0 saturated heterocycles. The van der Waals surface area contributed by atoms with Crippen LogP contribution in [0.15, 0.2) is 42.5 Å². The first-order valence-electron chi connectivity index (χ1n) is 8.21. The SMILES string of the molecule is O=C1CC(C(=O)NC(CO)Cc2ccc(I)cc2)c2ccc(F)cc2N1. The maximum absolute atomic E-state index is 13.4. The lowest BCUT2D eigenvalue weighted by atomic mass is 9.89. The molecule has 26 heavy (non-hydrogen) atoms. The van der Waals surface area contributed by atoms with Gasteiger partial charge in [0.1, 0.15) is 5.82 Å². The number of hydrogen-bond donors (Lipinski definition) is 3. The van der Waals surface area contributed by atoms with Gasteiger partial charge in [0.15, 0.2) is 0 Å². The Bertz CT molecular complexity index is 826. The molecular formula is C19H18FIN2O3. The van der Waals surface area contributed by atoms with Crippen molar-refractivity contribution in [3.05, 3.63) is 63.0 Å². The van der Waals surface area contributed by atoms with Crippen LogP contribution in [0.5, 0.6) is 0 Å². The van der Waals surface area contributed by atoms with Gasteiger partial charge in [-0.15, -0.1) is 0 Å². The molecule has 3 N–H and O–H groups in total. The topological polar surface area (TPSA) is 78.4 Å². The zero-order chi connectivity index (χ0) is 18.7. The highest BCUT2D eigenvalue weighted by Crippen LogP contribution is 2.33. The maximum Gasteiger partial charge on any atom is 0.228 e. The highest BCUT2D eigenvalue weighted by Gasteiger charge is 2.31. The Balaban J connectivity index is 1.74. The van der Waals surface area contributed by atoms with E-state index in [4.69, 9.17) is 0 Å². The van der Waals surface area contributed by atoms with E-state index < -0.39 is 17.8 Å². The Morgan fingerprint density at radius 2 is 2.04 bits per heavy atom. The average Bonchev–Trinajstić information content (AvgIpc) is 2.61. The number of anilines is 1. The smallest absolute Gasteiger partial charge is 0.228 e. The molecule has 7 heteroatoms. The van der Waals surface area contributed by atoms with E-state index in [1.807, 2.05) is 24.3 Å². The first-order chi connectivity index (χ1) is 12.5. The van der Waals surface area contributed by atoms with Gasteiger partial charge in [-0.3, -0.25) is 9.59 Å². The van der Waals surface area contributed by atoms with Crippen LogP contribution < -0.4 is 10.6 Å². The van der Waals surface area contributed by atoms with Crippen molar-refractivity contribution in [1.29, 1.82) is 0 Å². The van der Waals surface area contributed by atoms with Crippen molar-refractivity contribution >= 4 is 40.1 Å². The molecule has 3 rings (SSSR count). The number of rotatable bonds is 5. The third-order valence-electron chi connectivity index (χ3n) is 4.33. The Morgan fingerprint density at radius 3 is 2.73 bits per heavy atom. The fraction of sp³-hybridized carbons (Fsp3) is 0.263. The molecule has 2 aromatic rings. The molecule has 2 aromatic carbocycles. The number of hydrogen-bond acceptors (Lipinski definition) is 3. The summed E-state index contributed by atoms with van der Waals surface area (Å²) in [5, 5.41) is 15.0. The molecule has 0 aliphatic carbocycles. The molecule has 2 unspecified atom stereocenters. The van der Waals surface area contributed by atoms with Gasteiger partial charge in [-0.05, 0) is 64.4 Å². The lowest BCUT2D eigenvalue weighted by Crippen LogP contribution is -2.43. The summed E-state index contributed by atoms with van der Waals surface area (Å²) >= 11 is 2.21. The summed E-state index contributed by atoms with van der Waals surface area (Å²) in [6.45, 7) is -0.215. The molecule has 2 amide bonds. The van der Waals surface area contributed by atoms with Crippen molar-refractivity contribution in [1.82, 2.24) is 5.32 Å². The number of nitrogens with one attached hydrogen (secondary N) is 2.